The van der Waals surface area contributed by atoms with Crippen LogP contribution in [0.2, 0.25) is 0 Å². The Morgan fingerprint density at radius 1 is 1.20 bits per heavy atom. The maximum Gasteiger partial charge on any atom is 0.354 e. The largest absolute Gasteiger partial charge is 0.492 e. The van der Waals surface area contributed by atoms with Gasteiger partial charge in [0.05, 0.1) is 25.5 Å². The summed E-state index contributed by atoms with van der Waals surface area (Å²) in [6.45, 7) is 12.6. The van der Waals surface area contributed by atoms with Crippen LogP contribution in [0.3, 0.4) is 0 Å². The van der Waals surface area contributed by atoms with Crippen molar-refractivity contribution < 1.29 is 24.1 Å². The highest BCUT2D eigenvalue weighted by Gasteiger charge is 2.53. The summed E-state index contributed by atoms with van der Waals surface area (Å²) < 4.78 is 17.4. The van der Waals surface area contributed by atoms with Crippen LogP contribution in [0.25, 0.3) is 0 Å². The third-order valence-corrected chi connectivity index (χ3v) is 8.43. The maximum absolute atomic E-state index is 10.9. The Hall–Kier alpha value is -1.92. The fourth-order valence-electron chi connectivity index (χ4n) is 6.61. The Morgan fingerprint density at radius 2 is 1.91 bits per heavy atom. The molecule has 5 rings (SSSR count). The molecular formula is C29H45NO5. The molecule has 0 radical (unpaired) electrons. The lowest BCUT2D eigenvalue weighted by molar-refractivity contribution is -0.218. The van der Waals surface area contributed by atoms with Crippen molar-refractivity contribution in [3.8, 4) is 5.75 Å². The summed E-state index contributed by atoms with van der Waals surface area (Å²) in [6.07, 6.45) is 14.7. The third-order valence-electron chi connectivity index (χ3n) is 8.43. The summed E-state index contributed by atoms with van der Waals surface area (Å²) >= 11 is 0. The average Bonchev–Trinajstić information content (AvgIpc) is 3.47. The number of nitrogens with zero attached hydrogens (tertiary/aromatic N) is 1. The van der Waals surface area contributed by atoms with E-state index in [2.05, 4.69) is 18.5 Å². The molecule has 5 unspecified atom stereocenters. The first-order valence-electron chi connectivity index (χ1n) is 13.7. The molecule has 5 atom stereocenters. The number of aromatic carboxylic acids is 1. The van der Waals surface area contributed by atoms with E-state index in [1.807, 2.05) is 13.8 Å². The van der Waals surface area contributed by atoms with E-state index in [0.717, 1.165) is 32.3 Å². The average molecular weight is 488 g/mol. The van der Waals surface area contributed by atoms with Gasteiger partial charge < -0.3 is 19.3 Å². The molecule has 1 saturated heterocycles. The van der Waals surface area contributed by atoms with E-state index in [0.29, 0.717) is 43.0 Å². The predicted molar refractivity (Wildman–Crippen MR) is 138 cm³/mol. The van der Waals surface area contributed by atoms with Gasteiger partial charge in [0.25, 0.3) is 0 Å². The van der Waals surface area contributed by atoms with Gasteiger partial charge in [0.1, 0.15) is 18.2 Å². The van der Waals surface area contributed by atoms with Gasteiger partial charge in [-0.25, -0.2) is 9.78 Å². The summed E-state index contributed by atoms with van der Waals surface area (Å²) in [5.74, 6) is 1.07. The monoisotopic (exact) mass is 487 g/mol. The lowest BCUT2D eigenvalue weighted by Gasteiger charge is -2.57. The molecule has 4 aliphatic rings. The minimum Gasteiger partial charge on any atom is -0.492 e. The normalized spacial score (nSPS) is 31.6. The molecular weight excluding hydrogens is 442 g/mol. The highest BCUT2D eigenvalue weighted by Crippen LogP contribution is 2.58. The number of allylic oxidation sites excluding steroid dienone is 1. The number of carboxylic acids is 1. The van der Waals surface area contributed by atoms with E-state index in [-0.39, 0.29) is 11.1 Å². The van der Waals surface area contributed by atoms with Gasteiger partial charge in [0.15, 0.2) is 0 Å². The Labute approximate surface area is 211 Å². The SMILES string of the molecule is C1CCCC1.C=C1CCC2C3COCOC3CCC2(C)C1CCOc1ccc(C(=O)O)nc1.CC. The first kappa shape index (κ1) is 27.7. The van der Waals surface area contributed by atoms with Gasteiger partial charge in [-0.2, -0.15) is 0 Å². The second-order valence-electron chi connectivity index (χ2n) is 10.3. The molecule has 1 aromatic heterocycles. The molecule has 0 bridgehead atoms. The molecule has 1 N–H and O–H groups in total. The van der Waals surface area contributed by atoms with Gasteiger partial charge in [-0.15, -0.1) is 0 Å². The van der Waals surface area contributed by atoms with Crippen LogP contribution in [0.15, 0.2) is 30.5 Å². The topological polar surface area (TPSA) is 77.9 Å². The zero-order valence-corrected chi connectivity index (χ0v) is 22.0. The number of pyridine rings is 1. The summed E-state index contributed by atoms with van der Waals surface area (Å²) in [7, 11) is 0. The Morgan fingerprint density at radius 3 is 2.54 bits per heavy atom. The van der Waals surface area contributed by atoms with E-state index in [1.165, 1.54) is 56.4 Å². The van der Waals surface area contributed by atoms with Crippen molar-refractivity contribution in [1.82, 2.24) is 4.98 Å². The minimum atomic E-state index is -1.03. The highest BCUT2D eigenvalue weighted by atomic mass is 16.7. The summed E-state index contributed by atoms with van der Waals surface area (Å²) in [5.41, 5.74) is 1.56. The van der Waals surface area contributed by atoms with E-state index in [4.69, 9.17) is 19.3 Å². The van der Waals surface area contributed by atoms with E-state index in [1.54, 1.807) is 6.07 Å². The zero-order valence-electron chi connectivity index (χ0n) is 22.0. The number of fused-ring (bicyclic) bond motifs is 3. The zero-order chi connectivity index (χ0) is 25.3. The van der Waals surface area contributed by atoms with Gasteiger partial charge in [0.2, 0.25) is 0 Å². The molecule has 1 aliphatic heterocycles. The molecule has 6 nitrogen and oxygen atoms in total. The summed E-state index contributed by atoms with van der Waals surface area (Å²) in [6, 6.07) is 3.14. The number of aromatic nitrogens is 1. The Kier molecular flexibility index (Phi) is 10.6. The van der Waals surface area contributed by atoms with Crippen molar-refractivity contribution in [2.24, 2.45) is 23.2 Å². The van der Waals surface area contributed by atoms with Gasteiger partial charge in [-0.3, -0.25) is 0 Å². The minimum absolute atomic E-state index is 0.0250. The van der Waals surface area contributed by atoms with Crippen molar-refractivity contribution in [2.45, 2.75) is 91.1 Å². The molecule has 0 aromatic carbocycles. The molecule has 3 saturated carbocycles. The Balaban J connectivity index is 0.000000428. The fraction of sp³-hybridized carbons (Fsp3) is 0.724. The van der Waals surface area contributed by atoms with Crippen LogP contribution < -0.4 is 4.74 Å². The van der Waals surface area contributed by atoms with Crippen molar-refractivity contribution >= 4 is 5.97 Å². The van der Waals surface area contributed by atoms with Crippen LogP contribution in [0, 0.1) is 23.2 Å². The van der Waals surface area contributed by atoms with Gasteiger partial charge >= 0.3 is 5.97 Å². The molecule has 0 spiro atoms. The summed E-state index contributed by atoms with van der Waals surface area (Å²) in [4.78, 5) is 14.8. The lowest BCUT2D eigenvalue weighted by atomic mass is 9.50. The first-order chi connectivity index (χ1) is 17.0. The number of hydrogen-bond acceptors (Lipinski definition) is 5. The number of rotatable bonds is 5. The number of hydrogen-bond donors (Lipinski definition) is 1. The van der Waals surface area contributed by atoms with Crippen LogP contribution in [0.4, 0.5) is 0 Å². The second-order valence-corrected chi connectivity index (χ2v) is 10.3. The van der Waals surface area contributed by atoms with E-state index >= 15 is 0 Å². The molecule has 35 heavy (non-hydrogen) atoms. The molecule has 0 amide bonds. The fourth-order valence-corrected chi connectivity index (χ4v) is 6.61. The Bertz CT molecular complexity index is 798. The smallest absolute Gasteiger partial charge is 0.354 e. The highest BCUT2D eigenvalue weighted by molar-refractivity contribution is 5.85. The van der Waals surface area contributed by atoms with Gasteiger partial charge in [-0.05, 0) is 61.5 Å². The van der Waals surface area contributed by atoms with Crippen molar-refractivity contribution in [3.05, 3.63) is 36.2 Å². The van der Waals surface area contributed by atoms with Crippen LogP contribution >= 0.6 is 0 Å². The van der Waals surface area contributed by atoms with Crippen molar-refractivity contribution in [1.29, 1.82) is 0 Å². The molecule has 2 heterocycles. The predicted octanol–water partition coefficient (Wildman–Crippen LogP) is 6.90. The lowest BCUT2D eigenvalue weighted by Crippen LogP contribution is -2.54. The van der Waals surface area contributed by atoms with Crippen molar-refractivity contribution in [2.75, 3.05) is 20.0 Å². The van der Waals surface area contributed by atoms with Gasteiger partial charge in [-0.1, -0.05) is 65.0 Å². The second kappa shape index (κ2) is 13.4. The summed E-state index contributed by atoms with van der Waals surface area (Å²) in [5, 5.41) is 8.94. The molecule has 196 valence electrons. The van der Waals surface area contributed by atoms with Crippen LogP contribution in [-0.2, 0) is 9.47 Å². The van der Waals surface area contributed by atoms with Crippen LogP contribution in [-0.4, -0.2) is 42.2 Å². The quantitative estimate of drug-likeness (QED) is 0.455. The number of carboxylic acid groups (broad SMARTS) is 1. The van der Waals surface area contributed by atoms with Crippen LogP contribution in [0.5, 0.6) is 5.75 Å². The maximum atomic E-state index is 10.9. The van der Waals surface area contributed by atoms with Crippen molar-refractivity contribution in [3.63, 3.8) is 0 Å². The number of carbonyl (C=O) groups is 1. The molecule has 1 aromatic rings. The van der Waals surface area contributed by atoms with Gasteiger partial charge in [0, 0.05) is 5.92 Å². The molecule has 6 heteroatoms. The third kappa shape index (κ3) is 6.85. The van der Waals surface area contributed by atoms with E-state index < -0.39 is 5.97 Å². The molecule has 3 aliphatic carbocycles. The van der Waals surface area contributed by atoms with Crippen LogP contribution in [0.1, 0.15) is 95.5 Å². The first-order valence-corrected chi connectivity index (χ1v) is 13.7. The molecule has 4 fully saturated rings. The number of ether oxygens (including phenoxy) is 3. The van der Waals surface area contributed by atoms with E-state index in [9.17, 15) is 4.79 Å². The standard InChI is InChI=1S/C22H29NO5.C5H10.C2H6/c1-14-3-5-18-16-12-26-13-28-20(16)7-9-22(18,2)17(14)8-10-27-15-4-6-19(21(24)25)23-11-15;1-2-4-5-3-1;1-2/h4,6,11,16-18,20H,1,3,5,7-10,12-13H2,2H3,(H,24,25);1-5H2;1-2H3.